The Hall–Kier alpha value is -6.10. The van der Waals surface area contributed by atoms with Crippen molar-refractivity contribution in [3.05, 3.63) is 194 Å². The molecule has 3 N–H and O–H groups in total. The number of rotatable bonds is 76. The van der Waals surface area contributed by atoms with E-state index in [4.69, 9.17) is 37.0 Å². The lowest BCUT2D eigenvalue weighted by Crippen LogP contribution is -2.30. The Balaban J connectivity index is 5.49. The number of carbonyl (C=O) groups is 4. The van der Waals surface area contributed by atoms with Crippen LogP contribution in [0, 0.1) is 0 Å². The van der Waals surface area contributed by atoms with E-state index in [0.29, 0.717) is 32.1 Å². The van der Waals surface area contributed by atoms with Crippen molar-refractivity contribution in [3.8, 4) is 0 Å². The number of phosphoric acid groups is 2. The van der Waals surface area contributed by atoms with Gasteiger partial charge in [-0.3, -0.25) is 37.3 Å². The van der Waals surface area contributed by atoms with Crippen LogP contribution in [-0.2, 0) is 65.4 Å². The smallest absolute Gasteiger partial charge is 0.462 e. The first-order valence-electron chi connectivity index (χ1n) is 41.7. The molecule has 0 aromatic carbocycles. The van der Waals surface area contributed by atoms with E-state index in [2.05, 4.69) is 210 Å². The van der Waals surface area contributed by atoms with E-state index in [0.717, 1.165) is 212 Å². The molecular formula is C91H146O17P2. The fraction of sp³-hybridized carbons (Fsp3) is 0.604. The second-order valence-corrected chi connectivity index (χ2v) is 29.8. The van der Waals surface area contributed by atoms with Gasteiger partial charge in [0.05, 0.1) is 26.4 Å². The highest BCUT2D eigenvalue weighted by Crippen LogP contribution is 2.45. The molecular weight excluding hydrogens is 1430 g/mol. The first-order chi connectivity index (χ1) is 53.7. The topological polar surface area (TPSA) is 237 Å². The standard InChI is InChI=1S/C91H146O17P2/c1-5-9-13-17-21-25-29-33-37-41-42-46-48-52-56-60-64-68-72-76-89(94)102-82-87(108-91(96)78-74-70-66-62-58-54-50-45-40-36-32-28-24-20-16-12-8-4)84-106-110(99,100)104-80-85(92)79-103-109(97,98)105-83-86(107-90(95)77-73-69-65-61-57-53-49-44-39-35-31-27-23-19-15-11-7-3)81-101-88(93)75-71-67-63-59-55-51-47-43-38-34-30-26-22-18-14-10-6-2/h9-16,21-28,33-40,42,46-47,50-51,54,59,63,85-87,92H,5-8,17-20,29-32,41,43-45,48-49,52-53,55-58,60-62,64-84H2,1-4H3,(H,97,98)(H,99,100)/b13-9-,14-10-,15-11-,16-12-,25-21-,26-22-,27-23-,28-24-,37-33-,38-34-,39-35-,40-36-,46-42-,51-47-,54-50-,63-59-. The molecule has 0 aliphatic heterocycles. The molecule has 0 fully saturated rings. The van der Waals surface area contributed by atoms with E-state index in [1.54, 1.807) is 0 Å². The SMILES string of the molecule is CC/C=C\C/C=C\C/C=C\C/C=C\C/C=C\CCCC(=O)OCC(COP(=O)(O)OCC(O)COP(=O)(O)OCC(COC(=O)CCCCCCCC/C=C\C/C=C\C/C=C\C/C=C\CC)OC(=O)CCCCCC/C=C\C/C=C\C/C=C\C/C=C\CC)OC(=O)CCCCCCCCC/C=C\C/C=C\C/C=C\CC. The molecule has 0 radical (unpaired) electrons. The zero-order valence-corrected chi connectivity index (χ0v) is 69.9. The maximum atomic E-state index is 13.1. The van der Waals surface area contributed by atoms with E-state index in [9.17, 15) is 43.2 Å². The van der Waals surface area contributed by atoms with Gasteiger partial charge in [0.25, 0.3) is 0 Å². The largest absolute Gasteiger partial charge is 0.472 e. The number of hydrogen-bond donors (Lipinski definition) is 3. The molecule has 0 saturated heterocycles. The average Bonchev–Trinajstić information content (AvgIpc) is 0.904. The lowest BCUT2D eigenvalue weighted by molar-refractivity contribution is -0.161. The quantitative estimate of drug-likeness (QED) is 0.0169. The van der Waals surface area contributed by atoms with Crippen molar-refractivity contribution in [2.75, 3.05) is 39.6 Å². The van der Waals surface area contributed by atoms with Gasteiger partial charge in [-0.2, -0.15) is 0 Å². The zero-order valence-electron chi connectivity index (χ0n) is 68.1. The Morgan fingerprint density at radius 3 is 0.718 bits per heavy atom. The van der Waals surface area contributed by atoms with Gasteiger partial charge >= 0.3 is 39.5 Å². The number of aliphatic hydroxyl groups is 1. The molecule has 0 aromatic rings. The van der Waals surface area contributed by atoms with Crippen LogP contribution in [0.5, 0.6) is 0 Å². The van der Waals surface area contributed by atoms with Crippen molar-refractivity contribution in [1.82, 2.24) is 0 Å². The van der Waals surface area contributed by atoms with E-state index in [-0.39, 0.29) is 25.7 Å². The van der Waals surface area contributed by atoms with Crippen LogP contribution < -0.4 is 0 Å². The summed E-state index contributed by atoms with van der Waals surface area (Å²) in [5.41, 5.74) is 0. The van der Waals surface area contributed by atoms with Gasteiger partial charge in [0.1, 0.15) is 19.3 Å². The summed E-state index contributed by atoms with van der Waals surface area (Å²) in [5.74, 6) is -2.31. The zero-order chi connectivity index (χ0) is 80.3. The Labute approximate surface area is 666 Å². The summed E-state index contributed by atoms with van der Waals surface area (Å²) in [6.07, 6.45) is 99.7. The highest BCUT2D eigenvalue weighted by atomic mass is 31.2. The fourth-order valence-electron chi connectivity index (χ4n) is 10.4. The van der Waals surface area contributed by atoms with Crippen LogP contribution in [0.15, 0.2) is 194 Å². The van der Waals surface area contributed by atoms with E-state index < -0.39 is 97.5 Å². The Kier molecular flexibility index (Phi) is 76.4. The van der Waals surface area contributed by atoms with Crippen LogP contribution in [0.25, 0.3) is 0 Å². The van der Waals surface area contributed by atoms with Crippen LogP contribution in [0.3, 0.4) is 0 Å². The molecule has 5 atom stereocenters. The molecule has 5 unspecified atom stereocenters. The third-order valence-electron chi connectivity index (χ3n) is 16.5. The fourth-order valence-corrected chi connectivity index (χ4v) is 11.9. The minimum Gasteiger partial charge on any atom is -0.462 e. The van der Waals surface area contributed by atoms with Gasteiger partial charge < -0.3 is 33.8 Å². The minimum absolute atomic E-state index is 0.0546. The summed E-state index contributed by atoms with van der Waals surface area (Å²) in [4.78, 5) is 73.2. The summed E-state index contributed by atoms with van der Waals surface area (Å²) < 4.78 is 68.7. The third kappa shape index (κ3) is 80.0. The summed E-state index contributed by atoms with van der Waals surface area (Å²) in [6.45, 7) is 4.30. The Bertz CT molecular complexity index is 2850. The number of ether oxygens (including phenoxy) is 4. The minimum atomic E-state index is -5.01. The van der Waals surface area contributed by atoms with E-state index >= 15 is 0 Å². The monoisotopic (exact) mass is 1570 g/mol. The van der Waals surface area contributed by atoms with Gasteiger partial charge in [-0.15, -0.1) is 0 Å². The van der Waals surface area contributed by atoms with Crippen molar-refractivity contribution in [3.63, 3.8) is 0 Å². The summed E-state index contributed by atoms with van der Waals surface area (Å²) in [6, 6.07) is 0. The lowest BCUT2D eigenvalue weighted by Gasteiger charge is -2.21. The summed E-state index contributed by atoms with van der Waals surface area (Å²) in [7, 11) is -10.0. The first-order valence-corrected chi connectivity index (χ1v) is 44.7. The molecule has 0 heterocycles. The van der Waals surface area contributed by atoms with E-state index in [1.165, 1.54) is 0 Å². The average molecular weight is 1570 g/mol. The van der Waals surface area contributed by atoms with Crippen LogP contribution in [-0.4, -0.2) is 96.7 Å². The van der Waals surface area contributed by atoms with Crippen LogP contribution >= 0.6 is 15.6 Å². The number of esters is 4. The predicted octanol–water partition coefficient (Wildman–Crippen LogP) is 24.9. The molecule has 0 aliphatic carbocycles. The number of hydrogen-bond acceptors (Lipinski definition) is 15. The van der Waals surface area contributed by atoms with Gasteiger partial charge in [0.2, 0.25) is 0 Å². The van der Waals surface area contributed by atoms with Crippen molar-refractivity contribution in [2.24, 2.45) is 0 Å². The molecule has 0 amide bonds. The summed E-state index contributed by atoms with van der Waals surface area (Å²) >= 11 is 0. The van der Waals surface area contributed by atoms with E-state index in [1.807, 2.05) is 12.2 Å². The number of unbranched alkanes of at least 4 members (excludes halogenated alkanes) is 18. The maximum absolute atomic E-state index is 13.1. The molecule has 0 aliphatic rings. The van der Waals surface area contributed by atoms with Gasteiger partial charge in [-0.05, 0) is 173 Å². The third-order valence-corrected chi connectivity index (χ3v) is 18.4. The molecule has 0 saturated carbocycles. The number of phosphoric ester groups is 2. The molecule has 19 heteroatoms. The normalized spacial score (nSPS) is 14.8. The van der Waals surface area contributed by atoms with Crippen molar-refractivity contribution < 1.29 is 80.2 Å². The predicted molar refractivity (Wildman–Crippen MR) is 454 cm³/mol. The lowest BCUT2D eigenvalue weighted by atomic mass is 10.1. The van der Waals surface area contributed by atoms with Gasteiger partial charge in [0, 0.05) is 25.7 Å². The first kappa shape index (κ1) is 104. The van der Waals surface area contributed by atoms with Crippen LogP contribution in [0.4, 0.5) is 0 Å². The molecule has 0 rings (SSSR count). The Morgan fingerprint density at radius 1 is 0.255 bits per heavy atom. The molecule has 0 aromatic heterocycles. The van der Waals surface area contributed by atoms with Gasteiger partial charge in [-0.25, -0.2) is 9.13 Å². The van der Waals surface area contributed by atoms with Gasteiger partial charge in [0.15, 0.2) is 12.2 Å². The highest BCUT2D eigenvalue weighted by Gasteiger charge is 2.30. The maximum Gasteiger partial charge on any atom is 0.472 e. The number of allylic oxidation sites excluding steroid dienone is 32. The van der Waals surface area contributed by atoms with Crippen molar-refractivity contribution >= 4 is 39.5 Å². The molecule has 0 bridgehead atoms. The molecule has 17 nitrogen and oxygen atoms in total. The highest BCUT2D eigenvalue weighted by molar-refractivity contribution is 7.47. The number of aliphatic hydroxyl groups excluding tert-OH is 1. The molecule has 110 heavy (non-hydrogen) atoms. The van der Waals surface area contributed by atoms with Crippen molar-refractivity contribution in [2.45, 2.75) is 316 Å². The number of carbonyl (C=O) groups excluding carboxylic acids is 4. The van der Waals surface area contributed by atoms with Gasteiger partial charge in [-0.1, -0.05) is 293 Å². The summed E-state index contributed by atoms with van der Waals surface area (Å²) in [5, 5.41) is 10.7. The second-order valence-electron chi connectivity index (χ2n) is 26.9. The molecule has 0 spiro atoms. The second kappa shape index (κ2) is 80.9. The van der Waals surface area contributed by atoms with Crippen LogP contribution in [0.2, 0.25) is 0 Å². The van der Waals surface area contributed by atoms with Crippen molar-refractivity contribution in [1.29, 1.82) is 0 Å². The Morgan fingerprint density at radius 2 is 0.455 bits per heavy atom. The van der Waals surface area contributed by atoms with Crippen LogP contribution in [0.1, 0.15) is 297 Å². The molecule has 622 valence electrons.